The van der Waals surface area contributed by atoms with E-state index in [1.807, 2.05) is 0 Å². The van der Waals surface area contributed by atoms with Crippen molar-refractivity contribution >= 4 is 11.3 Å². The first kappa shape index (κ1) is 15.0. The van der Waals surface area contributed by atoms with E-state index >= 15 is 0 Å². The molecule has 1 fully saturated rings. The van der Waals surface area contributed by atoms with Crippen LogP contribution >= 0.6 is 11.3 Å². The Morgan fingerprint density at radius 3 is 2.68 bits per heavy atom. The van der Waals surface area contributed by atoms with E-state index in [-0.39, 0.29) is 0 Å². The number of hydrogen-bond acceptors (Lipinski definition) is 3. The lowest BCUT2D eigenvalue weighted by molar-refractivity contribution is 0.230. The van der Waals surface area contributed by atoms with Gasteiger partial charge in [-0.1, -0.05) is 39.0 Å². The van der Waals surface area contributed by atoms with Crippen molar-refractivity contribution in [3.05, 3.63) is 16.1 Å². The standard InChI is InChI=1S/C16H28N2S/c1-3-4-5-13-6-8-14(9-7-13)16(17)10-15-11-19-12(2)18-15/h11,13-14,16H,3-10,17H2,1-2H3. The molecule has 1 atom stereocenters. The summed E-state index contributed by atoms with van der Waals surface area (Å²) in [5.74, 6) is 1.70. The molecule has 2 nitrogen and oxygen atoms in total. The molecule has 1 aliphatic rings. The number of unbranched alkanes of at least 4 members (excludes halogenated alkanes) is 1. The van der Waals surface area contributed by atoms with Gasteiger partial charge in [0.2, 0.25) is 0 Å². The van der Waals surface area contributed by atoms with E-state index in [4.69, 9.17) is 5.73 Å². The first-order valence-electron chi connectivity index (χ1n) is 7.85. The fourth-order valence-corrected chi connectivity index (χ4v) is 3.93. The van der Waals surface area contributed by atoms with Crippen molar-refractivity contribution in [2.24, 2.45) is 17.6 Å². The maximum Gasteiger partial charge on any atom is 0.0897 e. The zero-order valence-corrected chi connectivity index (χ0v) is 13.2. The Hall–Kier alpha value is -0.410. The van der Waals surface area contributed by atoms with E-state index in [1.165, 1.54) is 50.6 Å². The molecule has 3 heteroatoms. The van der Waals surface area contributed by atoms with Crippen LogP contribution in [0, 0.1) is 18.8 Å². The van der Waals surface area contributed by atoms with Gasteiger partial charge in [0.05, 0.1) is 10.7 Å². The molecule has 1 aromatic heterocycles. The summed E-state index contributed by atoms with van der Waals surface area (Å²) in [4.78, 5) is 4.54. The zero-order valence-electron chi connectivity index (χ0n) is 12.4. The smallest absolute Gasteiger partial charge is 0.0897 e. The lowest BCUT2D eigenvalue weighted by Crippen LogP contribution is -2.35. The van der Waals surface area contributed by atoms with Crippen LogP contribution in [0.25, 0.3) is 0 Å². The van der Waals surface area contributed by atoms with E-state index in [0.29, 0.717) is 6.04 Å². The Bertz CT molecular complexity index is 367. The van der Waals surface area contributed by atoms with Gasteiger partial charge in [-0.15, -0.1) is 11.3 Å². The first-order chi connectivity index (χ1) is 9.19. The molecule has 19 heavy (non-hydrogen) atoms. The molecule has 1 unspecified atom stereocenters. The third-order valence-corrected chi connectivity index (χ3v) is 5.40. The van der Waals surface area contributed by atoms with E-state index in [2.05, 4.69) is 24.2 Å². The highest BCUT2D eigenvalue weighted by molar-refractivity contribution is 7.09. The van der Waals surface area contributed by atoms with Crippen LogP contribution in [0.4, 0.5) is 0 Å². The van der Waals surface area contributed by atoms with Crippen LogP contribution in [0.15, 0.2) is 5.38 Å². The normalized spacial score (nSPS) is 25.4. The Morgan fingerprint density at radius 2 is 2.11 bits per heavy atom. The van der Waals surface area contributed by atoms with Gasteiger partial charge in [-0.2, -0.15) is 0 Å². The van der Waals surface area contributed by atoms with Gasteiger partial charge < -0.3 is 5.73 Å². The predicted octanol–water partition coefficient (Wildman–Crippen LogP) is 4.32. The van der Waals surface area contributed by atoms with Gasteiger partial charge in [-0.3, -0.25) is 0 Å². The van der Waals surface area contributed by atoms with Crippen molar-refractivity contribution in [2.75, 3.05) is 0 Å². The van der Waals surface area contributed by atoms with Crippen molar-refractivity contribution in [3.8, 4) is 0 Å². The number of hydrogen-bond donors (Lipinski definition) is 1. The van der Waals surface area contributed by atoms with Crippen molar-refractivity contribution in [2.45, 2.75) is 71.3 Å². The Morgan fingerprint density at radius 1 is 1.37 bits per heavy atom. The van der Waals surface area contributed by atoms with Gasteiger partial charge in [-0.25, -0.2) is 4.98 Å². The van der Waals surface area contributed by atoms with Gasteiger partial charge in [0.1, 0.15) is 0 Å². The number of rotatable bonds is 6. The average molecular weight is 280 g/mol. The molecule has 1 saturated carbocycles. The van der Waals surface area contributed by atoms with E-state index < -0.39 is 0 Å². The highest BCUT2D eigenvalue weighted by Gasteiger charge is 2.25. The second-order valence-electron chi connectivity index (χ2n) is 6.15. The van der Waals surface area contributed by atoms with Crippen molar-refractivity contribution in [1.29, 1.82) is 0 Å². The van der Waals surface area contributed by atoms with Crippen molar-refractivity contribution in [3.63, 3.8) is 0 Å². The summed E-state index contributed by atoms with van der Waals surface area (Å²) in [6, 6.07) is 0.314. The summed E-state index contributed by atoms with van der Waals surface area (Å²) < 4.78 is 0. The lowest BCUT2D eigenvalue weighted by Gasteiger charge is -2.32. The van der Waals surface area contributed by atoms with Crippen LogP contribution < -0.4 is 5.73 Å². The van der Waals surface area contributed by atoms with Crippen LogP contribution in [-0.4, -0.2) is 11.0 Å². The summed E-state index contributed by atoms with van der Waals surface area (Å²) in [5, 5.41) is 3.33. The van der Waals surface area contributed by atoms with Crippen molar-refractivity contribution < 1.29 is 0 Å². The lowest BCUT2D eigenvalue weighted by atomic mass is 9.76. The molecular formula is C16H28N2S. The van der Waals surface area contributed by atoms with Crippen LogP contribution in [-0.2, 0) is 6.42 Å². The molecule has 1 aromatic rings. The molecule has 108 valence electrons. The summed E-state index contributed by atoms with van der Waals surface area (Å²) >= 11 is 1.74. The van der Waals surface area contributed by atoms with Gasteiger partial charge in [0.15, 0.2) is 0 Å². The SMILES string of the molecule is CCCCC1CCC(C(N)Cc2csc(C)n2)CC1. The summed E-state index contributed by atoms with van der Waals surface area (Å²) in [5.41, 5.74) is 7.60. The topological polar surface area (TPSA) is 38.9 Å². The molecule has 0 saturated heterocycles. The molecule has 2 rings (SSSR count). The second kappa shape index (κ2) is 7.39. The summed E-state index contributed by atoms with van der Waals surface area (Å²) in [7, 11) is 0. The van der Waals surface area contributed by atoms with Gasteiger partial charge in [-0.05, 0) is 31.6 Å². The fraction of sp³-hybridized carbons (Fsp3) is 0.812. The first-order valence-corrected chi connectivity index (χ1v) is 8.73. The Balaban J connectivity index is 1.74. The average Bonchev–Trinajstić information content (AvgIpc) is 2.82. The van der Waals surface area contributed by atoms with E-state index in [1.54, 1.807) is 11.3 Å². The summed E-state index contributed by atoms with van der Waals surface area (Å²) in [6.07, 6.45) is 10.6. The molecule has 2 N–H and O–H groups in total. The van der Waals surface area contributed by atoms with Crippen LogP contribution in [0.5, 0.6) is 0 Å². The number of nitrogens with two attached hydrogens (primary N) is 1. The van der Waals surface area contributed by atoms with Gasteiger partial charge >= 0.3 is 0 Å². The minimum absolute atomic E-state index is 0.314. The molecule has 1 aliphatic carbocycles. The van der Waals surface area contributed by atoms with Crippen molar-refractivity contribution in [1.82, 2.24) is 4.98 Å². The third-order valence-electron chi connectivity index (χ3n) is 4.57. The molecule has 1 heterocycles. The molecule has 0 aliphatic heterocycles. The largest absolute Gasteiger partial charge is 0.327 e. The second-order valence-corrected chi connectivity index (χ2v) is 7.21. The maximum absolute atomic E-state index is 6.40. The number of aryl methyl sites for hydroxylation is 1. The maximum atomic E-state index is 6.40. The quantitative estimate of drug-likeness (QED) is 0.843. The summed E-state index contributed by atoms with van der Waals surface area (Å²) in [6.45, 7) is 4.36. The minimum Gasteiger partial charge on any atom is -0.327 e. The van der Waals surface area contributed by atoms with E-state index in [0.717, 1.165) is 23.3 Å². The van der Waals surface area contributed by atoms with Gasteiger partial charge in [0.25, 0.3) is 0 Å². The van der Waals surface area contributed by atoms with Crippen LogP contribution in [0.1, 0.15) is 62.6 Å². The van der Waals surface area contributed by atoms with Crippen LogP contribution in [0.2, 0.25) is 0 Å². The Labute approximate surface area is 121 Å². The van der Waals surface area contributed by atoms with Crippen LogP contribution in [0.3, 0.4) is 0 Å². The molecule has 0 amide bonds. The number of thiazole rings is 1. The highest BCUT2D eigenvalue weighted by atomic mass is 32.1. The number of aromatic nitrogens is 1. The van der Waals surface area contributed by atoms with Gasteiger partial charge in [0, 0.05) is 17.8 Å². The monoisotopic (exact) mass is 280 g/mol. The molecule has 0 aromatic carbocycles. The molecular weight excluding hydrogens is 252 g/mol. The van der Waals surface area contributed by atoms with E-state index in [9.17, 15) is 0 Å². The Kier molecular flexibility index (Phi) is 5.83. The molecule has 0 radical (unpaired) electrons. The predicted molar refractivity (Wildman–Crippen MR) is 83.5 cm³/mol. The molecule has 0 spiro atoms. The third kappa shape index (κ3) is 4.57. The molecule has 0 bridgehead atoms. The minimum atomic E-state index is 0.314. The fourth-order valence-electron chi connectivity index (χ4n) is 3.31. The highest BCUT2D eigenvalue weighted by Crippen LogP contribution is 2.33. The zero-order chi connectivity index (χ0) is 13.7. The number of nitrogens with zero attached hydrogens (tertiary/aromatic N) is 1.